The van der Waals surface area contributed by atoms with E-state index in [1.165, 1.54) is 10.9 Å². The zero-order valence-corrected chi connectivity index (χ0v) is 6.96. The number of benzene rings is 1. The Morgan fingerprint density at radius 3 is 2.62 bits per heavy atom. The highest BCUT2D eigenvalue weighted by Crippen LogP contribution is 2.07. The van der Waals surface area contributed by atoms with Gasteiger partial charge >= 0.3 is 0 Å². The Bertz CT molecular complexity index is 383. The summed E-state index contributed by atoms with van der Waals surface area (Å²) >= 11 is 0. The minimum atomic E-state index is 0.0869. The predicted octanol–water partition coefficient (Wildman–Crippen LogP) is 1.03. The lowest BCUT2D eigenvalue weighted by Gasteiger charge is -2.00. The summed E-state index contributed by atoms with van der Waals surface area (Å²) < 4.78 is 1.44. The van der Waals surface area contributed by atoms with Crippen LogP contribution in [0.3, 0.4) is 0 Å². The molecule has 0 bridgehead atoms. The fourth-order valence-corrected chi connectivity index (χ4v) is 1.12. The first-order valence-corrected chi connectivity index (χ1v) is 3.97. The topological polar surface area (TPSA) is 50.9 Å². The molecule has 0 saturated heterocycles. The van der Waals surface area contributed by atoms with Gasteiger partial charge in [-0.25, -0.2) is 4.68 Å². The molecule has 0 spiro atoms. The van der Waals surface area contributed by atoms with Gasteiger partial charge in [0, 0.05) is 0 Å². The molecular formula is C9H9N3O. The maximum Gasteiger partial charge on any atom is 0.230 e. The van der Waals surface area contributed by atoms with Crippen LogP contribution in [0.1, 0.15) is 5.56 Å². The smallest absolute Gasteiger partial charge is 0.230 e. The first-order chi connectivity index (χ1) is 6.36. The molecular weight excluding hydrogens is 166 g/mol. The van der Waals surface area contributed by atoms with E-state index in [-0.39, 0.29) is 5.88 Å². The van der Waals surface area contributed by atoms with Gasteiger partial charge in [0.2, 0.25) is 5.88 Å². The molecule has 0 atom stereocenters. The monoisotopic (exact) mass is 175 g/mol. The molecule has 0 aliphatic rings. The van der Waals surface area contributed by atoms with E-state index < -0.39 is 0 Å². The van der Waals surface area contributed by atoms with Crippen molar-refractivity contribution < 1.29 is 5.11 Å². The van der Waals surface area contributed by atoms with Gasteiger partial charge in [-0.3, -0.25) is 0 Å². The Morgan fingerprint density at radius 1 is 1.23 bits per heavy atom. The van der Waals surface area contributed by atoms with Crippen molar-refractivity contribution >= 4 is 0 Å². The Hall–Kier alpha value is -1.84. The van der Waals surface area contributed by atoms with Crippen molar-refractivity contribution in [2.24, 2.45) is 0 Å². The average molecular weight is 175 g/mol. The van der Waals surface area contributed by atoms with Gasteiger partial charge in [-0.2, -0.15) is 0 Å². The molecule has 1 aromatic heterocycles. The average Bonchev–Trinajstić information content (AvgIpc) is 2.54. The molecule has 0 fully saturated rings. The first-order valence-electron chi connectivity index (χ1n) is 3.97. The van der Waals surface area contributed by atoms with Gasteiger partial charge in [0.05, 0.1) is 6.54 Å². The largest absolute Gasteiger partial charge is 0.492 e. The third-order valence-corrected chi connectivity index (χ3v) is 1.77. The minimum Gasteiger partial charge on any atom is -0.492 e. The summed E-state index contributed by atoms with van der Waals surface area (Å²) in [5.41, 5.74) is 1.09. The van der Waals surface area contributed by atoms with Crippen molar-refractivity contribution in [2.75, 3.05) is 0 Å². The van der Waals surface area contributed by atoms with E-state index >= 15 is 0 Å². The molecule has 13 heavy (non-hydrogen) atoms. The standard InChI is InChI=1S/C9H9N3O/c13-9-6-10-11-12(9)7-8-4-2-1-3-5-8/h1-6,13H,7H2. The van der Waals surface area contributed by atoms with Crippen LogP contribution in [-0.2, 0) is 6.54 Å². The summed E-state index contributed by atoms with van der Waals surface area (Å²) in [6.07, 6.45) is 1.32. The van der Waals surface area contributed by atoms with Gasteiger partial charge in [0.25, 0.3) is 0 Å². The number of rotatable bonds is 2. The first kappa shape index (κ1) is 7.79. The number of aromatic hydroxyl groups is 1. The summed E-state index contributed by atoms with van der Waals surface area (Å²) in [6.45, 7) is 0.548. The highest BCUT2D eigenvalue weighted by atomic mass is 16.3. The second-order valence-corrected chi connectivity index (χ2v) is 2.74. The number of hydrogen-bond donors (Lipinski definition) is 1. The highest BCUT2D eigenvalue weighted by Gasteiger charge is 2.00. The summed E-state index contributed by atoms with van der Waals surface area (Å²) in [7, 11) is 0. The Labute approximate surface area is 75.4 Å². The third kappa shape index (κ3) is 1.66. The van der Waals surface area contributed by atoms with Crippen LogP contribution in [-0.4, -0.2) is 20.1 Å². The van der Waals surface area contributed by atoms with Gasteiger partial charge in [-0.1, -0.05) is 35.5 Å². The second kappa shape index (κ2) is 3.26. The fraction of sp³-hybridized carbons (Fsp3) is 0.111. The Morgan fingerprint density at radius 2 is 2.00 bits per heavy atom. The zero-order chi connectivity index (χ0) is 9.10. The van der Waals surface area contributed by atoms with Crippen LogP contribution in [0, 0.1) is 0 Å². The molecule has 0 unspecified atom stereocenters. The third-order valence-electron chi connectivity index (χ3n) is 1.77. The zero-order valence-electron chi connectivity index (χ0n) is 6.96. The summed E-state index contributed by atoms with van der Waals surface area (Å²) in [4.78, 5) is 0. The molecule has 4 nitrogen and oxygen atoms in total. The molecule has 0 aliphatic carbocycles. The second-order valence-electron chi connectivity index (χ2n) is 2.74. The molecule has 2 aromatic rings. The number of aromatic nitrogens is 3. The van der Waals surface area contributed by atoms with E-state index in [2.05, 4.69) is 10.3 Å². The summed E-state index contributed by atoms with van der Waals surface area (Å²) in [6, 6.07) is 9.79. The van der Waals surface area contributed by atoms with Crippen LogP contribution in [0.5, 0.6) is 5.88 Å². The lowest BCUT2D eigenvalue weighted by molar-refractivity contribution is 0.408. The summed E-state index contributed by atoms with van der Waals surface area (Å²) in [5, 5.41) is 16.6. The summed E-state index contributed by atoms with van der Waals surface area (Å²) in [5.74, 6) is 0.0869. The number of hydrogen-bond acceptors (Lipinski definition) is 3. The van der Waals surface area contributed by atoms with E-state index in [1.807, 2.05) is 30.3 Å². The highest BCUT2D eigenvalue weighted by molar-refractivity contribution is 5.15. The van der Waals surface area contributed by atoms with E-state index in [1.54, 1.807) is 0 Å². The van der Waals surface area contributed by atoms with Crippen LogP contribution in [0.15, 0.2) is 36.5 Å². The Balaban J connectivity index is 2.20. The minimum absolute atomic E-state index is 0.0869. The van der Waals surface area contributed by atoms with E-state index in [0.717, 1.165) is 5.56 Å². The van der Waals surface area contributed by atoms with Crippen molar-refractivity contribution in [1.29, 1.82) is 0 Å². The van der Waals surface area contributed by atoms with Crippen LogP contribution in [0.25, 0.3) is 0 Å². The van der Waals surface area contributed by atoms with Crippen molar-refractivity contribution in [2.45, 2.75) is 6.54 Å². The molecule has 0 saturated carbocycles. The molecule has 0 amide bonds. The number of nitrogens with zero attached hydrogens (tertiary/aromatic N) is 3. The van der Waals surface area contributed by atoms with Gasteiger partial charge in [0.1, 0.15) is 6.20 Å². The van der Waals surface area contributed by atoms with Crippen molar-refractivity contribution in [1.82, 2.24) is 15.0 Å². The van der Waals surface area contributed by atoms with Crippen LogP contribution in [0.4, 0.5) is 0 Å². The maximum atomic E-state index is 9.25. The van der Waals surface area contributed by atoms with Crippen LogP contribution >= 0.6 is 0 Å². The molecule has 0 radical (unpaired) electrons. The van der Waals surface area contributed by atoms with Crippen molar-refractivity contribution in [3.05, 3.63) is 42.1 Å². The van der Waals surface area contributed by atoms with E-state index in [4.69, 9.17) is 0 Å². The lowest BCUT2D eigenvalue weighted by Crippen LogP contribution is -2.00. The van der Waals surface area contributed by atoms with Gasteiger partial charge in [-0.05, 0) is 5.56 Å². The molecule has 4 heteroatoms. The molecule has 0 aliphatic heterocycles. The molecule has 2 rings (SSSR count). The normalized spacial score (nSPS) is 10.2. The van der Waals surface area contributed by atoms with Crippen molar-refractivity contribution in [3.63, 3.8) is 0 Å². The quantitative estimate of drug-likeness (QED) is 0.741. The predicted molar refractivity (Wildman–Crippen MR) is 47.2 cm³/mol. The SMILES string of the molecule is Oc1cnnn1Cc1ccccc1. The molecule has 1 heterocycles. The molecule has 66 valence electrons. The van der Waals surface area contributed by atoms with Crippen LogP contribution < -0.4 is 0 Å². The van der Waals surface area contributed by atoms with Gasteiger partial charge < -0.3 is 5.11 Å². The van der Waals surface area contributed by atoms with Gasteiger partial charge in [0.15, 0.2) is 0 Å². The van der Waals surface area contributed by atoms with E-state index in [9.17, 15) is 5.11 Å². The van der Waals surface area contributed by atoms with Crippen LogP contribution in [0.2, 0.25) is 0 Å². The molecule has 1 aromatic carbocycles. The van der Waals surface area contributed by atoms with Crippen molar-refractivity contribution in [3.8, 4) is 5.88 Å². The lowest BCUT2D eigenvalue weighted by atomic mass is 10.2. The van der Waals surface area contributed by atoms with Gasteiger partial charge in [-0.15, -0.1) is 5.10 Å². The maximum absolute atomic E-state index is 9.25. The fourth-order valence-electron chi connectivity index (χ4n) is 1.12. The van der Waals surface area contributed by atoms with E-state index in [0.29, 0.717) is 6.54 Å². The molecule has 1 N–H and O–H groups in total. The Kier molecular flexibility index (Phi) is 1.96.